The molecule has 1 saturated carbocycles. The van der Waals surface area contributed by atoms with Gasteiger partial charge in [-0.05, 0) is 104 Å². The molecule has 2 bridgehead atoms. The number of rotatable bonds is 0. The molecule has 9 heteroatoms. The SMILES string of the molecule is C[C@H]1CCC[C@H](O)[C@@H]2CC[C@H]2CN2C[C@@]3(CCCc4cc(Cl)ccc43)COc3ccc(cc32)C(=O)N=[S@@](N)(=O)C1. The second-order valence-electron chi connectivity index (χ2n) is 12.6. The van der Waals surface area contributed by atoms with E-state index in [0.717, 1.165) is 80.9 Å². The van der Waals surface area contributed by atoms with Gasteiger partial charge in [-0.2, -0.15) is 0 Å². The first-order valence-corrected chi connectivity index (χ1v) is 16.8. The largest absolute Gasteiger partial charge is 0.490 e. The first-order valence-electron chi connectivity index (χ1n) is 14.7. The number of benzene rings is 2. The third-order valence-corrected chi connectivity index (χ3v) is 11.4. The fraction of sp³-hybridized carbons (Fsp3) is 0.581. The van der Waals surface area contributed by atoms with Crippen molar-refractivity contribution >= 4 is 33.1 Å². The predicted molar refractivity (Wildman–Crippen MR) is 159 cm³/mol. The Balaban J connectivity index is 1.43. The molecule has 3 N–H and O–H groups in total. The van der Waals surface area contributed by atoms with Crippen molar-refractivity contribution in [1.82, 2.24) is 0 Å². The number of carbonyl (C=O) groups is 1. The van der Waals surface area contributed by atoms with E-state index in [4.69, 9.17) is 21.5 Å². The number of aliphatic hydroxyl groups excluding tert-OH is 1. The maximum Gasteiger partial charge on any atom is 0.286 e. The van der Waals surface area contributed by atoms with Gasteiger partial charge in [0, 0.05) is 34.8 Å². The highest BCUT2D eigenvalue weighted by Gasteiger charge is 2.44. The number of anilines is 1. The van der Waals surface area contributed by atoms with Crippen molar-refractivity contribution < 1.29 is 18.8 Å². The van der Waals surface area contributed by atoms with Crippen LogP contribution in [0.4, 0.5) is 5.69 Å². The number of hydrogen-bond donors (Lipinski definition) is 2. The Morgan fingerprint density at radius 2 is 2.00 bits per heavy atom. The molecule has 4 aliphatic rings. The molecule has 1 fully saturated rings. The van der Waals surface area contributed by atoms with E-state index in [2.05, 4.69) is 21.4 Å². The Labute approximate surface area is 242 Å². The lowest BCUT2D eigenvalue weighted by Gasteiger charge is -2.45. The molecule has 40 heavy (non-hydrogen) atoms. The number of aliphatic hydroxyl groups is 1. The maximum absolute atomic E-state index is 13.2. The number of amides is 1. The molecule has 1 spiro atoms. The van der Waals surface area contributed by atoms with Crippen LogP contribution in [0.25, 0.3) is 0 Å². The van der Waals surface area contributed by atoms with Crippen LogP contribution in [0, 0.1) is 17.8 Å². The van der Waals surface area contributed by atoms with E-state index in [1.807, 2.05) is 25.1 Å². The maximum atomic E-state index is 13.2. The van der Waals surface area contributed by atoms with Gasteiger partial charge in [0.15, 0.2) is 0 Å². The molecule has 2 aliphatic heterocycles. The van der Waals surface area contributed by atoms with Gasteiger partial charge in [0.1, 0.15) is 15.7 Å². The molecular weight excluding hydrogens is 546 g/mol. The summed E-state index contributed by atoms with van der Waals surface area (Å²) in [5.74, 6) is 1.00. The molecule has 2 aromatic carbocycles. The lowest BCUT2D eigenvalue weighted by molar-refractivity contribution is 0.00868. The van der Waals surface area contributed by atoms with Crippen LogP contribution >= 0.6 is 11.6 Å². The van der Waals surface area contributed by atoms with Crippen molar-refractivity contribution in [2.45, 2.75) is 69.8 Å². The Hall–Kier alpha value is -2.13. The summed E-state index contributed by atoms with van der Waals surface area (Å²) in [4.78, 5) is 15.6. The van der Waals surface area contributed by atoms with Crippen LogP contribution in [0.2, 0.25) is 5.02 Å². The fourth-order valence-electron chi connectivity index (χ4n) is 7.47. The lowest BCUT2D eigenvalue weighted by atomic mass is 9.68. The summed E-state index contributed by atoms with van der Waals surface area (Å²) in [5, 5.41) is 18.0. The number of fused-ring (bicyclic) bond motifs is 4. The van der Waals surface area contributed by atoms with E-state index in [1.165, 1.54) is 11.1 Å². The van der Waals surface area contributed by atoms with Gasteiger partial charge < -0.3 is 14.7 Å². The van der Waals surface area contributed by atoms with Gasteiger partial charge in [-0.1, -0.05) is 31.0 Å². The van der Waals surface area contributed by atoms with Crippen LogP contribution in [0.5, 0.6) is 5.75 Å². The van der Waals surface area contributed by atoms with Crippen molar-refractivity contribution in [2.75, 3.05) is 30.3 Å². The summed E-state index contributed by atoms with van der Waals surface area (Å²) >= 11 is 6.38. The lowest BCUT2D eigenvalue weighted by Crippen LogP contribution is -2.49. The van der Waals surface area contributed by atoms with Gasteiger partial charge in [-0.3, -0.25) is 4.79 Å². The number of nitrogens with zero attached hydrogens (tertiary/aromatic N) is 2. The Morgan fingerprint density at radius 1 is 1.15 bits per heavy atom. The van der Waals surface area contributed by atoms with Crippen molar-refractivity contribution in [1.29, 1.82) is 0 Å². The Kier molecular flexibility index (Phi) is 7.66. The molecule has 216 valence electrons. The summed E-state index contributed by atoms with van der Waals surface area (Å²) in [6.45, 7) is 4.04. The highest BCUT2D eigenvalue weighted by molar-refractivity contribution is 7.91. The molecule has 0 unspecified atom stereocenters. The van der Waals surface area contributed by atoms with Crippen LogP contribution in [-0.4, -0.2) is 46.8 Å². The minimum absolute atomic E-state index is 0.0479. The number of nitrogens with two attached hydrogens (primary N) is 1. The Bertz CT molecular complexity index is 1420. The number of hydrogen-bond acceptors (Lipinski definition) is 5. The first kappa shape index (κ1) is 28.0. The second-order valence-corrected chi connectivity index (χ2v) is 15.0. The molecule has 0 radical (unpaired) electrons. The molecule has 6 rings (SSSR count). The molecular formula is C31H40ClN3O4S. The predicted octanol–water partition coefficient (Wildman–Crippen LogP) is 5.50. The summed E-state index contributed by atoms with van der Waals surface area (Å²) in [6.07, 6.45) is 7.14. The average molecular weight is 586 g/mol. The molecule has 0 aromatic heterocycles. The van der Waals surface area contributed by atoms with Crippen molar-refractivity contribution in [3.63, 3.8) is 0 Å². The van der Waals surface area contributed by atoms with Crippen molar-refractivity contribution in [3.05, 3.63) is 58.1 Å². The third kappa shape index (κ3) is 5.52. The molecule has 2 aliphatic carbocycles. The number of aryl methyl sites for hydroxylation is 1. The van der Waals surface area contributed by atoms with Crippen LogP contribution in [0.1, 0.15) is 73.4 Å². The zero-order valence-electron chi connectivity index (χ0n) is 23.2. The second kappa shape index (κ2) is 10.9. The standard InChI is InChI=1S/C31H40ClN3O4S/c1-20-4-2-6-28(36)25-10-7-23(25)16-35-18-31(13-3-5-21-14-24(32)9-11-26(21)31)19-39-29-12-8-22(15-27(29)35)30(37)34-40(33,38)17-20/h8-9,11-12,14-15,20,23,25,28,36H,2-7,10,13,16-19H2,1H3,(H2,33,34,37,38)/t20-,23-,25+,28-,31-,40+/m0/s1. The zero-order chi connectivity index (χ0) is 28.1. The van der Waals surface area contributed by atoms with Crippen LogP contribution in [-0.2, 0) is 21.8 Å². The average Bonchev–Trinajstić information content (AvgIpc) is 3.02. The first-order chi connectivity index (χ1) is 19.1. The van der Waals surface area contributed by atoms with E-state index >= 15 is 0 Å². The van der Waals surface area contributed by atoms with Crippen molar-refractivity contribution in [3.8, 4) is 5.75 Å². The smallest absolute Gasteiger partial charge is 0.286 e. The molecule has 7 nitrogen and oxygen atoms in total. The highest BCUT2D eigenvalue weighted by atomic mass is 35.5. The third-order valence-electron chi connectivity index (χ3n) is 9.67. The van der Waals surface area contributed by atoms with E-state index in [1.54, 1.807) is 6.07 Å². The van der Waals surface area contributed by atoms with E-state index in [0.29, 0.717) is 18.1 Å². The highest BCUT2D eigenvalue weighted by Crippen LogP contribution is 2.47. The quantitative estimate of drug-likeness (QED) is 0.425. The van der Waals surface area contributed by atoms with Gasteiger partial charge in [-0.15, -0.1) is 4.36 Å². The van der Waals surface area contributed by atoms with Crippen LogP contribution in [0.3, 0.4) is 0 Å². The fourth-order valence-corrected chi connectivity index (χ4v) is 9.11. The minimum atomic E-state index is -3.17. The number of halogens is 1. The molecule has 1 amide bonds. The molecule has 2 heterocycles. The summed E-state index contributed by atoms with van der Waals surface area (Å²) < 4.78 is 23.6. The van der Waals surface area contributed by atoms with Crippen molar-refractivity contribution in [2.24, 2.45) is 27.3 Å². The van der Waals surface area contributed by atoms with Crippen LogP contribution < -0.4 is 14.8 Å². The summed E-state index contributed by atoms with van der Waals surface area (Å²) in [7, 11) is -3.17. The molecule has 6 atom stereocenters. The van der Waals surface area contributed by atoms with Crippen LogP contribution in [0.15, 0.2) is 40.8 Å². The topological polar surface area (TPSA) is 105 Å². The number of ether oxygens (including phenoxy) is 1. The van der Waals surface area contributed by atoms with Gasteiger partial charge in [-0.25, -0.2) is 9.35 Å². The molecule has 2 aromatic rings. The van der Waals surface area contributed by atoms with Gasteiger partial charge in [0.25, 0.3) is 5.91 Å². The van der Waals surface area contributed by atoms with Gasteiger partial charge in [0.2, 0.25) is 0 Å². The van der Waals surface area contributed by atoms with E-state index in [-0.39, 0.29) is 29.1 Å². The van der Waals surface area contributed by atoms with Gasteiger partial charge >= 0.3 is 0 Å². The summed E-state index contributed by atoms with van der Waals surface area (Å²) in [6, 6.07) is 11.6. The monoisotopic (exact) mass is 585 g/mol. The van der Waals surface area contributed by atoms with E-state index < -0.39 is 15.8 Å². The normalized spacial score (nSPS) is 34.5. The zero-order valence-corrected chi connectivity index (χ0v) is 24.8. The summed E-state index contributed by atoms with van der Waals surface area (Å²) in [5.41, 5.74) is 3.56. The minimum Gasteiger partial charge on any atom is -0.490 e. The van der Waals surface area contributed by atoms with E-state index in [9.17, 15) is 14.1 Å². The van der Waals surface area contributed by atoms with Gasteiger partial charge in [0.05, 0.1) is 18.4 Å². The molecule has 0 saturated heterocycles. The number of carbonyl (C=O) groups excluding carboxylic acids is 1. The Morgan fingerprint density at radius 3 is 2.80 bits per heavy atom.